The lowest BCUT2D eigenvalue weighted by Crippen LogP contribution is -2.48. The highest BCUT2D eigenvalue weighted by molar-refractivity contribution is 7.13. The fraction of sp³-hybridized carbons (Fsp3) is 0.583. The average molecular weight is 677 g/mol. The van der Waals surface area contributed by atoms with Crippen LogP contribution in [-0.4, -0.2) is 87.6 Å². The molecule has 3 amide bonds. The number of carbonyl (C=O) groups excluding carboxylic acids is 3. The minimum atomic E-state index is -0.604. The number of aromatic nitrogens is 2. The first-order chi connectivity index (χ1) is 23.1. The number of likely N-dealkylation sites (tertiary alicyclic amines) is 1. The summed E-state index contributed by atoms with van der Waals surface area (Å²) in [5.41, 5.74) is 5.49. The zero-order chi connectivity index (χ0) is 33.9. The zero-order valence-corrected chi connectivity index (χ0v) is 29.5. The van der Waals surface area contributed by atoms with E-state index in [0.29, 0.717) is 43.1 Å². The van der Waals surface area contributed by atoms with E-state index < -0.39 is 18.1 Å². The Morgan fingerprint density at radius 2 is 1.85 bits per heavy atom. The molecule has 1 aromatic carbocycles. The summed E-state index contributed by atoms with van der Waals surface area (Å²) in [6.07, 6.45) is 5.67. The number of hydrogen-bond donors (Lipinski definition) is 1. The van der Waals surface area contributed by atoms with Crippen molar-refractivity contribution in [2.75, 3.05) is 26.7 Å². The number of benzene rings is 1. The van der Waals surface area contributed by atoms with Crippen molar-refractivity contribution < 1.29 is 23.6 Å². The Morgan fingerprint density at radius 3 is 2.58 bits per heavy atom. The summed E-state index contributed by atoms with van der Waals surface area (Å²) in [6, 6.07) is 10.1. The Labute approximate surface area is 287 Å². The molecule has 0 saturated carbocycles. The first-order valence-electron chi connectivity index (χ1n) is 17.3. The molecular formula is C36H48N6O5S. The van der Waals surface area contributed by atoms with Gasteiger partial charge in [0.15, 0.2) is 0 Å². The minimum Gasteiger partial charge on any atom is -0.448 e. The van der Waals surface area contributed by atoms with Gasteiger partial charge in [-0.1, -0.05) is 43.3 Å². The summed E-state index contributed by atoms with van der Waals surface area (Å²) in [4.78, 5) is 51.5. The highest BCUT2D eigenvalue weighted by Crippen LogP contribution is 2.34. The van der Waals surface area contributed by atoms with Gasteiger partial charge in [0.05, 0.1) is 28.7 Å². The quantitative estimate of drug-likeness (QED) is 0.266. The maximum absolute atomic E-state index is 14.0. The molecule has 1 N–H and O–H groups in total. The third-order valence-corrected chi connectivity index (χ3v) is 11.2. The predicted octanol–water partition coefficient (Wildman–Crippen LogP) is 5.91. The Hall–Kier alpha value is -3.77. The summed E-state index contributed by atoms with van der Waals surface area (Å²) in [5.74, 6) is -0.562. The van der Waals surface area contributed by atoms with Gasteiger partial charge in [0, 0.05) is 31.7 Å². The van der Waals surface area contributed by atoms with E-state index in [1.807, 2.05) is 45.3 Å². The van der Waals surface area contributed by atoms with Crippen LogP contribution in [0.3, 0.4) is 0 Å². The molecule has 0 aliphatic carbocycles. The SMILES string of the molecule is Cc1ncsc1-c1ccc(C(C)NC(=O)C2CCCN2C(=O)C(c2cc(CN(C)C(=O)OCC3CCC4CCCN43)no2)C(C)C)cc1. The van der Waals surface area contributed by atoms with E-state index in [1.165, 1.54) is 24.2 Å². The van der Waals surface area contributed by atoms with Crippen LogP contribution in [0.2, 0.25) is 0 Å². The number of fused-ring (bicyclic) bond motifs is 1. The Bertz CT molecular complexity index is 1590. The summed E-state index contributed by atoms with van der Waals surface area (Å²) in [7, 11) is 1.68. The summed E-state index contributed by atoms with van der Waals surface area (Å²) in [6.45, 7) is 10.1. The number of aryl methyl sites for hydroxylation is 1. The van der Waals surface area contributed by atoms with Gasteiger partial charge in [0.1, 0.15) is 30.0 Å². The first-order valence-corrected chi connectivity index (χ1v) is 18.2. The van der Waals surface area contributed by atoms with Gasteiger partial charge in [-0.2, -0.15) is 0 Å². The maximum Gasteiger partial charge on any atom is 0.409 e. The van der Waals surface area contributed by atoms with E-state index in [9.17, 15) is 14.4 Å². The zero-order valence-electron chi connectivity index (χ0n) is 28.7. The van der Waals surface area contributed by atoms with Crippen molar-refractivity contribution in [1.82, 2.24) is 30.2 Å². The number of carbonyl (C=O) groups is 3. The lowest BCUT2D eigenvalue weighted by atomic mass is 9.91. The molecule has 12 heteroatoms. The monoisotopic (exact) mass is 676 g/mol. The van der Waals surface area contributed by atoms with Crippen LogP contribution in [0.1, 0.15) is 94.0 Å². The van der Waals surface area contributed by atoms with Gasteiger partial charge in [-0.05, 0) is 76.0 Å². The molecule has 0 bridgehead atoms. The molecule has 5 atom stereocenters. The van der Waals surface area contributed by atoms with E-state index in [1.54, 1.807) is 29.4 Å². The molecule has 11 nitrogen and oxygen atoms in total. The standard InChI is InChI=1S/C36H48N6O5S/c1-22(2)32(31-18-27(39-47-31)19-40(5)36(45)46-20-29-15-14-28-8-6-16-41(28)29)35(44)42-17-7-9-30(42)34(43)38-23(3)25-10-12-26(13-11-25)33-24(4)37-21-48-33/h10-13,18,21-23,28-30,32H,6-9,14-17,19-20H2,1-5H3,(H,38,43). The number of amides is 3. The van der Waals surface area contributed by atoms with Gasteiger partial charge in [0.25, 0.3) is 0 Å². The smallest absolute Gasteiger partial charge is 0.409 e. The van der Waals surface area contributed by atoms with Crippen LogP contribution >= 0.6 is 11.3 Å². The van der Waals surface area contributed by atoms with Gasteiger partial charge in [-0.15, -0.1) is 11.3 Å². The third-order valence-electron chi connectivity index (χ3n) is 10.3. The highest BCUT2D eigenvalue weighted by Gasteiger charge is 2.41. The van der Waals surface area contributed by atoms with E-state index in [-0.39, 0.29) is 30.3 Å². The van der Waals surface area contributed by atoms with Crippen molar-refractivity contribution in [1.29, 1.82) is 0 Å². The molecule has 48 heavy (non-hydrogen) atoms. The number of ether oxygens (including phenoxy) is 1. The first kappa shape index (κ1) is 34.1. The molecular weight excluding hydrogens is 629 g/mol. The molecule has 3 aliphatic heterocycles. The van der Waals surface area contributed by atoms with Crippen molar-refractivity contribution in [3.05, 3.63) is 58.6 Å². The molecule has 3 fully saturated rings. The number of nitrogens with zero attached hydrogens (tertiary/aromatic N) is 5. The maximum atomic E-state index is 14.0. The largest absolute Gasteiger partial charge is 0.448 e. The summed E-state index contributed by atoms with van der Waals surface area (Å²) in [5, 5.41) is 7.34. The highest BCUT2D eigenvalue weighted by atomic mass is 32.1. The van der Waals surface area contributed by atoms with Crippen LogP contribution in [0, 0.1) is 12.8 Å². The fourth-order valence-corrected chi connectivity index (χ4v) is 8.44. The summed E-state index contributed by atoms with van der Waals surface area (Å²) < 4.78 is 11.4. The Kier molecular flexibility index (Phi) is 10.5. The molecule has 2 aromatic heterocycles. The molecule has 5 heterocycles. The minimum absolute atomic E-state index is 0.0919. The van der Waals surface area contributed by atoms with Crippen molar-refractivity contribution in [3.63, 3.8) is 0 Å². The van der Waals surface area contributed by atoms with Gasteiger partial charge in [0.2, 0.25) is 11.8 Å². The second kappa shape index (κ2) is 14.8. The molecule has 3 aromatic rings. The number of rotatable bonds is 11. The van der Waals surface area contributed by atoms with Gasteiger partial charge in [-0.25, -0.2) is 9.78 Å². The van der Waals surface area contributed by atoms with Crippen LogP contribution in [0.4, 0.5) is 4.79 Å². The lowest BCUT2D eigenvalue weighted by molar-refractivity contribution is -0.141. The van der Waals surface area contributed by atoms with Crippen LogP contribution < -0.4 is 5.32 Å². The molecule has 0 radical (unpaired) electrons. The molecule has 258 valence electrons. The van der Waals surface area contributed by atoms with Crippen LogP contribution in [-0.2, 0) is 20.9 Å². The van der Waals surface area contributed by atoms with Gasteiger partial charge >= 0.3 is 6.09 Å². The number of thiazole rings is 1. The van der Waals surface area contributed by atoms with E-state index in [0.717, 1.165) is 41.1 Å². The molecule has 3 aliphatic rings. The van der Waals surface area contributed by atoms with Crippen molar-refractivity contribution in [2.24, 2.45) is 5.92 Å². The number of nitrogens with one attached hydrogen (secondary N) is 1. The molecule has 6 rings (SSSR count). The second-order valence-corrected chi connectivity index (χ2v) is 14.8. The Morgan fingerprint density at radius 1 is 1.08 bits per heavy atom. The van der Waals surface area contributed by atoms with Crippen molar-refractivity contribution in [2.45, 2.75) is 103 Å². The van der Waals surface area contributed by atoms with Crippen LogP contribution in [0.5, 0.6) is 0 Å². The Balaban J connectivity index is 1.04. The normalized spacial score (nSPS) is 22.1. The van der Waals surface area contributed by atoms with Gasteiger partial charge in [-0.3, -0.25) is 14.5 Å². The van der Waals surface area contributed by atoms with Crippen LogP contribution in [0.25, 0.3) is 10.4 Å². The van der Waals surface area contributed by atoms with E-state index in [4.69, 9.17) is 9.26 Å². The van der Waals surface area contributed by atoms with E-state index >= 15 is 0 Å². The van der Waals surface area contributed by atoms with Crippen LogP contribution in [0.15, 0.2) is 40.4 Å². The number of hydrogen-bond acceptors (Lipinski definition) is 9. The second-order valence-electron chi connectivity index (χ2n) is 13.9. The molecule has 0 spiro atoms. The van der Waals surface area contributed by atoms with Crippen molar-refractivity contribution >= 4 is 29.2 Å². The van der Waals surface area contributed by atoms with Crippen molar-refractivity contribution in [3.8, 4) is 10.4 Å². The van der Waals surface area contributed by atoms with Gasteiger partial charge < -0.3 is 24.4 Å². The topological polar surface area (TPSA) is 121 Å². The lowest BCUT2D eigenvalue weighted by Gasteiger charge is -2.29. The fourth-order valence-electron chi connectivity index (χ4n) is 7.63. The average Bonchev–Trinajstić information content (AvgIpc) is 3.90. The predicted molar refractivity (Wildman–Crippen MR) is 183 cm³/mol. The summed E-state index contributed by atoms with van der Waals surface area (Å²) >= 11 is 1.61. The molecule has 5 unspecified atom stereocenters. The van der Waals surface area contributed by atoms with E-state index in [2.05, 4.69) is 32.5 Å². The third kappa shape index (κ3) is 7.29. The molecule has 3 saturated heterocycles.